The van der Waals surface area contributed by atoms with Gasteiger partial charge < -0.3 is 10.4 Å². The average Bonchev–Trinajstić information content (AvgIpc) is 2.28. The summed E-state index contributed by atoms with van der Waals surface area (Å²) in [5, 5.41) is 12.3. The van der Waals surface area contributed by atoms with Crippen molar-refractivity contribution in [3.05, 3.63) is 0 Å². The van der Waals surface area contributed by atoms with Crippen LogP contribution in [0, 0.1) is 11.8 Å². The van der Waals surface area contributed by atoms with Crippen LogP contribution in [0.2, 0.25) is 0 Å². The number of hydrogen-bond acceptors (Lipinski definition) is 4. The first-order valence-electron chi connectivity index (χ1n) is 6.51. The third-order valence-corrected chi connectivity index (χ3v) is 6.15. The van der Waals surface area contributed by atoms with Crippen LogP contribution in [0.1, 0.15) is 32.6 Å². The Kier molecular flexibility index (Phi) is 3.69. The van der Waals surface area contributed by atoms with Crippen molar-refractivity contribution in [3.63, 3.8) is 0 Å². The highest BCUT2D eigenvalue weighted by atomic mass is 32.2. The summed E-state index contributed by atoms with van der Waals surface area (Å²) in [6.45, 7) is 2.43. The van der Waals surface area contributed by atoms with Crippen molar-refractivity contribution in [3.8, 4) is 0 Å². The molecule has 2 N–H and O–H groups in total. The third kappa shape index (κ3) is 2.85. The van der Waals surface area contributed by atoms with Gasteiger partial charge in [-0.05, 0) is 51.0 Å². The molecule has 2 aliphatic heterocycles. The monoisotopic (exact) mass is 275 g/mol. The van der Waals surface area contributed by atoms with Crippen molar-refractivity contribution in [1.29, 1.82) is 0 Å². The number of hydrogen-bond donors (Lipinski definition) is 2. The fraction of sp³-hybridized carbons (Fsp3) is 0.917. The quantitative estimate of drug-likeness (QED) is 0.773. The number of carboxylic acids is 1. The zero-order valence-electron chi connectivity index (χ0n) is 10.7. The Bertz CT molecular complexity index is 419. The maximum Gasteiger partial charge on any atom is 0.323 e. The lowest BCUT2D eigenvalue weighted by atomic mass is 9.74. The Balaban J connectivity index is 2.00. The summed E-state index contributed by atoms with van der Waals surface area (Å²) in [5.74, 6) is 0.435. The van der Waals surface area contributed by atoms with E-state index in [0.717, 1.165) is 6.42 Å². The molecule has 104 valence electrons. The Hall–Kier alpha value is -0.620. The first-order valence-corrected chi connectivity index (χ1v) is 8.33. The molecule has 0 aromatic carbocycles. The van der Waals surface area contributed by atoms with E-state index < -0.39 is 21.3 Å². The van der Waals surface area contributed by atoms with Gasteiger partial charge in [-0.3, -0.25) is 4.79 Å². The van der Waals surface area contributed by atoms with Gasteiger partial charge in [0.25, 0.3) is 0 Å². The molecule has 2 fully saturated rings. The SMILES string of the molecule is CC1(C(=O)O)CC(C2CCS(=O)(=O)CC2)CCN1. The first-order chi connectivity index (χ1) is 8.32. The van der Waals surface area contributed by atoms with Gasteiger partial charge >= 0.3 is 5.97 Å². The van der Waals surface area contributed by atoms with Crippen molar-refractivity contribution in [2.45, 2.75) is 38.1 Å². The maximum absolute atomic E-state index is 11.4. The minimum atomic E-state index is -2.83. The lowest BCUT2D eigenvalue weighted by Gasteiger charge is -2.40. The fourth-order valence-electron chi connectivity index (χ4n) is 3.18. The lowest BCUT2D eigenvalue weighted by molar-refractivity contribution is -0.146. The van der Waals surface area contributed by atoms with Gasteiger partial charge in [0, 0.05) is 0 Å². The minimum absolute atomic E-state index is 0.269. The van der Waals surface area contributed by atoms with Crippen LogP contribution in [0.15, 0.2) is 0 Å². The van der Waals surface area contributed by atoms with E-state index in [-0.39, 0.29) is 11.5 Å². The first kappa shape index (κ1) is 13.8. The number of sulfone groups is 1. The molecule has 0 amide bonds. The van der Waals surface area contributed by atoms with Crippen molar-refractivity contribution in [1.82, 2.24) is 5.32 Å². The Morgan fingerprint density at radius 3 is 2.39 bits per heavy atom. The van der Waals surface area contributed by atoms with Crippen molar-refractivity contribution in [2.75, 3.05) is 18.1 Å². The molecule has 0 spiro atoms. The van der Waals surface area contributed by atoms with Gasteiger partial charge in [-0.1, -0.05) is 0 Å². The summed E-state index contributed by atoms with van der Waals surface area (Å²) in [6.07, 6.45) is 2.95. The summed E-state index contributed by atoms with van der Waals surface area (Å²) in [7, 11) is -2.83. The molecule has 2 aliphatic rings. The van der Waals surface area contributed by atoms with Gasteiger partial charge in [0.1, 0.15) is 15.4 Å². The molecule has 0 aromatic heterocycles. The van der Waals surface area contributed by atoms with E-state index >= 15 is 0 Å². The zero-order valence-corrected chi connectivity index (χ0v) is 11.5. The minimum Gasteiger partial charge on any atom is -0.480 e. The summed E-state index contributed by atoms with van der Waals surface area (Å²) < 4.78 is 22.8. The zero-order chi connectivity index (χ0) is 13.4. The number of nitrogens with one attached hydrogen (secondary N) is 1. The summed E-state index contributed by atoms with van der Waals surface area (Å²) >= 11 is 0. The second-order valence-corrected chi connectivity index (χ2v) is 8.11. The molecule has 18 heavy (non-hydrogen) atoms. The van der Waals surface area contributed by atoms with Gasteiger partial charge in [-0.25, -0.2) is 8.42 Å². The third-order valence-electron chi connectivity index (χ3n) is 4.44. The van der Waals surface area contributed by atoms with Gasteiger partial charge in [0.2, 0.25) is 0 Å². The fourth-order valence-corrected chi connectivity index (χ4v) is 4.70. The predicted molar refractivity (Wildman–Crippen MR) is 68.1 cm³/mol. The highest BCUT2D eigenvalue weighted by Gasteiger charge is 2.41. The Morgan fingerprint density at radius 1 is 1.22 bits per heavy atom. The van der Waals surface area contributed by atoms with Crippen molar-refractivity contribution >= 4 is 15.8 Å². The molecule has 2 rings (SSSR count). The number of carboxylic acid groups (broad SMARTS) is 1. The van der Waals surface area contributed by atoms with Crippen LogP contribution >= 0.6 is 0 Å². The molecule has 0 saturated carbocycles. The van der Waals surface area contributed by atoms with Crippen LogP contribution in [-0.4, -0.2) is 43.1 Å². The maximum atomic E-state index is 11.4. The molecule has 0 aromatic rings. The molecule has 2 unspecified atom stereocenters. The molecule has 0 bridgehead atoms. The van der Waals surface area contributed by atoms with E-state index in [1.165, 1.54) is 0 Å². The smallest absolute Gasteiger partial charge is 0.323 e. The molecule has 5 nitrogen and oxygen atoms in total. The normalized spacial score (nSPS) is 37.3. The van der Waals surface area contributed by atoms with E-state index in [1.54, 1.807) is 6.92 Å². The number of piperidine rings is 1. The summed E-state index contributed by atoms with van der Waals surface area (Å²) in [5.41, 5.74) is -0.848. The molecule has 6 heteroatoms. The molecular weight excluding hydrogens is 254 g/mol. The molecule has 2 saturated heterocycles. The van der Waals surface area contributed by atoms with Crippen LogP contribution in [0.3, 0.4) is 0 Å². The molecule has 0 radical (unpaired) electrons. The number of rotatable bonds is 2. The Labute approximate surface area is 108 Å². The van der Waals surface area contributed by atoms with Crippen molar-refractivity contribution in [2.24, 2.45) is 11.8 Å². The number of aliphatic carboxylic acids is 1. The predicted octanol–water partition coefficient (Wildman–Crippen LogP) is 0.654. The van der Waals surface area contributed by atoms with Crippen LogP contribution in [-0.2, 0) is 14.6 Å². The standard InChI is InChI=1S/C12H21NO4S/c1-12(11(14)15)8-10(2-5-13-12)9-3-6-18(16,17)7-4-9/h9-10,13H,2-8H2,1H3,(H,14,15). The molecular formula is C12H21NO4S. The molecule has 0 aliphatic carbocycles. The van der Waals surface area contributed by atoms with E-state index in [2.05, 4.69) is 5.32 Å². The van der Waals surface area contributed by atoms with E-state index in [9.17, 15) is 18.3 Å². The summed E-state index contributed by atoms with van der Waals surface area (Å²) in [6, 6.07) is 0. The van der Waals surface area contributed by atoms with Crippen LogP contribution < -0.4 is 5.32 Å². The van der Waals surface area contributed by atoms with Crippen LogP contribution in [0.5, 0.6) is 0 Å². The number of carbonyl (C=O) groups is 1. The molecule has 2 heterocycles. The van der Waals surface area contributed by atoms with Gasteiger partial charge in [0.05, 0.1) is 11.5 Å². The highest BCUT2D eigenvalue weighted by molar-refractivity contribution is 7.91. The topological polar surface area (TPSA) is 83.5 Å². The van der Waals surface area contributed by atoms with Gasteiger partial charge in [-0.15, -0.1) is 0 Å². The van der Waals surface area contributed by atoms with Crippen LogP contribution in [0.4, 0.5) is 0 Å². The van der Waals surface area contributed by atoms with Gasteiger partial charge in [-0.2, -0.15) is 0 Å². The largest absolute Gasteiger partial charge is 0.480 e. The molecule has 2 atom stereocenters. The van der Waals surface area contributed by atoms with Crippen molar-refractivity contribution < 1.29 is 18.3 Å². The van der Waals surface area contributed by atoms with E-state index in [1.807, 2.05) is 0 Å². The van der Waals surface area contributed by atoms with Gasteiger partial charge in [0.15, 0.2) is 0 Å². The Morgan fingerprint density at radius 2 is 1.83 bits per heavy atom. The lowest BCUT2D eigenvalue weighted by Crippen LogP contribution is -2.55. The second kappa shape index (κ2) is 4.81. The van der Waals surface area contributed by atoms with E-state index in [0.29, 0.717) is 37.6 Å². The highest BCUT2D eigenvalue weighted by Crippen LogP contribution is 2.36. The average molecular weight is 275 g/mol. The second-order valence-electron chi connectivity index (χ2n) is 5.81. The van der Waals surface area contributed by atoms with Crippen LogP contribution in [0.25, 0.3) is 0 Å². The van der Waals surface area contributed by atoms with E-state index in [4.69, 9.17) is 0 Å². The summed E-state index contributed by atoms with van der Waals surface area (Å²) in [4.78, 5) is 11.2.